The minimum atomic E-state index is 0.186. The predicted molar refractivity (Wildman–Crippen MR) is 86.5 cm³/mol. The molecule has 1 atom stereocenters. The summed E-state index contributed by atoms with van der Waals surface area (Å²) in [6, 6.07) is 8.71. The number of likely N-dealkylation sites (tertiary alicyclic amines) is 1. The molecule has 1 aliphatic heterocycles. The van der Waals surface area contributed by atoms with Gasteiger partial charge >= 0.3 is 0 Å². The Balaban J connectivity index is 2.20. The van der Waals surface area contributed by atoms with Crippen molar-refractivity contribution in [2.24, 2.45) is 5.92 Å². The van der Waals surface area contributed by atoms with E-state index in [2.05, 4.69) is 58.9 Å². The molecule has 0 N–H and O–H groups in total. The average Bonchev–Trinajstić information content (AvgIpc) is 2.49. The van der Waals surface area contributed by atoms with Gasteiger partial charge in [0.15, 0.2) is 0 Å². The summed E-state index contributed by atoms with van der Waals surface area (Å²) in [5.41, 5.74) is 1.27. The van der Waals surface area contributed by atoms with Gasteiger partial charge in [-0.05, 0) is 49.8 Å². The molecule has 1 heterocycles. The molecule has 0 radical (unpaired) electrons. The SMILES string of the molecule is CCC(CC)C(=O)N1CCCCC1c1ccc(Br)cc1. The largest absolute Gasteiger partial charge is 0.335 e. The molecule has 1 aliphatic rings. The van der Waals surface area contributed by atoms with E-state index in [0.717, 1.165) is 36.7 Å². The third kappa shape index (κ3) is 3.43. The van der Waals surface area contributed by atoms with Gasteiger partial charge in [0.2, 0.25) is 5.91 Å². The molecule has 2 rings (SSSR count). The Morgan fingerprint density at radius 2 is 1.90 bits per heavy atom. The molecule has 2 nitrogen and oxygen atoms in total. The Bertz CT molecular complexity index is 439. The molecule has 20 heavy (non-hydrogen) atoms. The van der Waals surface area contributed by atoms with Gasteiger partial charge in [-0.2, -0.15) is 0 Å². The fourth-order valence-corrected chi connectivity index (χ4v) is 3.36. The van der Waals surface area contributed by atoms with Crippen LogP contribution >= 0.6 is 15.9 Å². The van der Waals surface area contributed by atoms with Crippen molar-refractivity contribution in [3.05, 3.63) is 34.3 Å². The molecular weight excluding hydrogens is 314 g/mol. The second-order valence-corrected chi connectivity index (χ2v) is 6.52. The van der Waals surface area contributed by atoms with Crippen molar-refractivity contribution in [3.63, 3.8) is 0 Å². The first-order valence-corrected chi connectivity index (χ1v) is 8.52. The first-order valence-electron chi connectivity index (χ1n) is 7.73. The molecule has 0 saturated carbocycles. The van der Waals surface area contributed by atoms with Gasteiger partial charge in [-0.3, -0.25) is 4.79 Å². The molecule has 0 aliphatic carbocycles. The summed E-state index contributed by atoms with van der Waals surface area (Å²) in [5.74, 6) is 0.536. The molecular formula is C17H24BrNO. The number of benzene rings is 1. The lowest BCUT2D eigenvalue weighted by Gasteiger charge is -2.38. The van der Waals surface area contributed by atoms with E-state index in [1.165, 1.54) is 12.0 Å². The number of piperidine rings is 1. The highest BCUT2D eigenvalue weighted by Gasteiger charge is 2.30. The summed E-state index contributed by atoms with van der Waals surface area (Å²) in [7, 11) is 0. The van der Waals surface area contributed by atoms with Crippen LogP contribution in [0.25, 0.3) is 0 Å². The summed E-state index contributed by atoms with van der Waals surface area (Å²) in [4.78, 5) is 14.9. The van der Waals surface area contributed by atoms with Gasteiger partial charge in [0.1, 0.15) is 0 Å². The third-order valence-electron chi connectivity index (χ3n) is 4.38. The lowest BCUT2D eigenvalue weighted by atomic mass is 9.92. The van der Waals surface area contributed by atoms with Crippen LogP contribution in [0.15, 0.2) is 28.7 Å². The summed E-state index contributed by atoms with van der Waals surface area (Å²) >= 11 is 3.48. The van der Waals surface area contributed by atoms with Crippen LogP contribution < -0.4 is 0 Å². The molecule has 3 heteroatoms. The van der Waals surface area contributed by atoms with E-state index >= 15 is 0 Å². The van der Waals surface area contributed by atoms with Crippen molar-refractivity contribution in [2.75, 3.05) is 6.54 Å². The van der Waals surface area contributed by atoms with E-state index in [4.69, 9.17) is 0 Å². The van der Waals surface area contributed by atoms with E-state index in [0.29, 0.717) is 5.91 Å². The summed E-state index contributed by atoms with van der Waals surface area (Å²) < 4.78 is 1.09. The second-order valence-electron chi connectivity index (χ2n) is 5.61. The maximum Gasteiger partial charge on any atom is 0.226 e. The van der Waals surface area contributed by atoms with Crippen LogP contribution in [0.3, 0.4) is 0 Å². The van der Waals surface area contributed by atoms with Gasteiger partial charge < -0.3 is 4.90 Å². The van der Waals surface area contributed by atoms with Crippen molar-refractivity contribution in [2.45, 2.75) is 52.0 Å². The van der Waals surface area contributed by atoms with E-state index in [1.54, 1.807) is 0 Å². The zero-order valence-corrected chi connectivity index (χ0v) is 14.0. The van der Waals surface area contributed by atoms with Crippen LogP contribution in [0.4, 0.5) is 0 Å². The van der Waals surface area contributed by atoms with E-state index < -0.39 is 0 Å². The molecule has 0 spiro atoms. The van der Waals surface area contributed by atoms with Crippen molar-refractivity contribution in [1.82, 2.24) is 4.90 Å². The van der Waals surface area contributed by atoms with Crippen LogP contribution in [0.5, 0.6) is 0 Å². The Kier molecular flexibility index (Phi) is 5.64. The Morgan fingerprint density at radius 1 is 1.25 bits per heavy atom. The number of hydrogen-bond acceptors (Lipinski definition) is 1. The second kappa shape index (κ2) is 7.26. The number of rotatable bonds is 4. The minimum Gasteiger partial charge on any atom is -0.335 e. The Labute approximate surface area is 130 Å². The zero-order valence-electron chi connectivity index (χ0n) is 12.4. The predicted octanol–water partition coefficient (Wildman–Crippen LogP) is 4.94. The highest BCUT2D eigenvalue weighted by molar-refractivity contribution is 9.10. The molecule has 1 fully saturated rings. The lowest BCUT2D eigenvalue weighted by molar-refractivity contribution is -0.139. The lowest BCUT2D eigenvalue weighted by Crippen LogP contribution is -2.41. The summed E-state index contributed by atoms with van der Waals surface area (Å²) in [6.07, 6.45) is 5.33. The number of halogens is 1. The smallest absolute Gasteiger partial charge is 0.226 e. The van der Waals surface area contributed by atoms with Gasteiger partial charge in [0, 0.05) is 16.9 Å². The average molecular weight is 338 g/mol. The van der Waals surface area contributed by atoms with E-state index in [-0.39, 0.29) is 12.0 Å². The van der Waals surface area contributed by atoms with E-state index in [1.807, 2.05) is 0 Å². The molecule has 0 bridgehead atoms. The number of carbonyl (C=O) groups excluding carboxylic acids is 1. The molecule has 0 aromatic heterocycles. The quantitative estimate of drug-likeness (QED) is 0.761. The van der Waals surface area contributed by atoms with Gasteiger partial charge in [-0.1, -0.05) is 41.9 Å². The molecule has 110 valence electrons. The van der Waals surface area contributed by atoms with Crippen LogP contribution in [-0.2, 0) is 4.79 Å². The van der Waals surface area contributed by atoms with E-state index in [9.17, 15) is 4.79 Å². The highest BCUT2D eigenvalue weighted by Crippen LogP contribution is 2.33. The van der Waals surface area contributed by atoms with Gasteiger partial charge in [-0.15, -0.1) is 0 Å². The minimum absolute atomic E-state index is 0.186. The molecule has 1 amide bonds. The van der Waals surface area contributed by atoms with Crippen molar-refractivity contribution in [1.29, 1.82) is 0 Å². The first kappa shape index (κ1) is 15.6. The highest BCUT2D eigenvalue weighted by atomic mass is 79.9. The number of amides is 1. The maximum atomic E-state index is 12.7. The number of hydrogen-bond donors (Lipinski definition) is 0. The van der Waals surface area contributed by atoms with Gasteiger partial charge in [0.05, 0.1) is 6.04 Å². The van der Waals surface area contributed by atoms with Crippen LogP contribution in [-0.4, -0.2) is 17.4 Å². The first-order chi connectivity index (χ1) is 9.67. The molecule has 1 saturated heterocycles. The van der Waals surface area contributed by atoms with Crippen molar-refractivity contribution < 1.29 is 4.79 Å². The van der Waals surface area contributed by atoms with Crippen molar-refractivity contribution in [3.8, 4) is 0 Å². The Hall–Kier alpha value is -0.830. The van der Waals surface area contributed by atoms with Crippen LogP contribution in [0, 0.1) is 5.92 Å². The molecule has 1 aromatic rings. The van der Waals surface area contributed by atoms with Gasteiger partial charge in [-0.25, -0.2) is 0 Å². The van der Waals surface area contributed by atoms with Crippen molar-refractivity contribution >= 4 is 21.8 Å². The van der Waals surface area contributed by atoms with Crippen LogP contribution in [0.1, 0.15) is 57.6 Å². The standard InChI is InChI=1S/C17H24BrNO/c1-3-13(4-2)17(20)19-12-6-5-7-16(19)14-8-10-15(18)11-9-14/h8-11,13,16H,3-7,12H2,1-2H3. The third-order valence-corrected chi connectivity index (χ3v) is 4.90. The fraction of sp³-hybridized carbons (Fsp3) is 0.588. The normalized spacial score (nSPS) is 19.4. The monoisotopic (exact) mass is 337 g/mol. The topological polar surface area (TPSA) is 20.3 Å². The summed E-state index contributed by atoms with van der Waals surface area (Å²) in [5, 5.41) is 0. The Morgan fingerprint density at radius 3 is 2.50 bits per heavy atom. The van der Waals surface area contributed by atoms with Crippen LogP contribution in [0.2, 0.25) is 0 Å². The fourth-order valence-electron chi connectivity index (χ4n) is 3.10. The molecule has 1 unspecified atom stereocenters. The molecule has 1 aromatic carbocycles. The zero-order chi connectivity index (χ0) is 14.5. The summed E-state index contributed by atoms with van der Waals surface area (Å²) in [6.45, 7) is 5.14. The number of nitrogens with zero attached hydrogens (tertiary/aromatic N) is 1. The maximum absolute atomic E-state index is 12.7. The number of carbonyl (C=O) groups is 1. The van der Waals surface area contributed by atoms with Gasteiger partial charge in [0.25, 0.3) is 0 Å².